The Morgan fingerprint density at radius 2 is 1.96 bits per heavy atom. The molecule has 2 aromatic rings. The van der Waals surface area contributed by atoms with E-state index in [2.05, 4.69) is 33.0 Å². The number of benzene rings is 2. The highest BCUT2D eigenvalue weighted by Crippen LogP contribution is 2.43. The zero-order chi connectivity index (χ0) is 16.7. The van der Waals surface area contributed by atoms with Gasteiger partial charge >= 0.3 is 0 Å². The molecule has 0 spiro atoms. The molecule has 1 amide bonds. The van der Waals surface area contributed by atoms with Gasteiger partial charge in [0.1, 0.15) is 11.9 Å². The van der Waals surface area contributed by atoms with E-state index in [-0.39, 0.29) is 18.1 Å². The largest absolute Gasteiger partial charge is 0.497 e. The Kier molecular flexibility index (Phi) is 4.06. The third kappa shape index (κ3) is 2.52. The zero-order valence-electron chi connectivity index (χ0n) is 13.5. The van der Waals surface area contributed by atoms with Crippen molar-refractivity contribution < 1.29 is 9.53 Å². The van der Waals surface area contributed by atoms with Gasteiger partial charge in [0.05, 0.1) is 13.2 Å². The summed E-state index contributed by atoms with van der Waals surface area (Å²) in [6.45, 7) is 0.959. The lowest BCUT2D eigenvalue weighted by Crippen LogP contribution is -2.32. The molecule has 2 aliphatic heterocycles. The summed E-state index contributed by atoms with van der Waals surface area (Å²) >= 11 is 3.55. The number of hydrogen-bond donors (Lipinski definition) is 0. The fourth-order valence-electron chi connectivity index (χ4n) is 3.80. The lowest BCUT2D eigenvalue weighted by atomic mass is 10.1. The van der Waals surface area contributed by atoms with Crippen LogP contribution in [0.4, 0.5) is 5.69 Å². The van der Waals surface area contributed by atoms with Crippen molar-refractivity contribution in [1.29, 1.82) is 0 Å². The fourth-order valence-corrected chi connectivity index (χ4v) is 4.21. The Morgan fingerprint density at radius 1 is 1.17 bits per heavy atom. The fraction of sp³-hybridized carbons (Fsp3) is 0.316. The van der Waals surface area contributed by atoms with Gasteiger partial charge in [0.25, 0.3) is 0 Å². The molecule has 2 aromatic carbocycles. The molecule has 2 fully saturated rings. The monoisotopic (exact) mass is 386 g/mol. The minimum atomic E-state index is -0.0455. The summed E-state index contributed by atoms with van der Waals surface area (Å²) < 4.78 is 6.27. The maximum absolute atomic E-state index is 13.1. The van der Waals surface area contributed by atoms with Crippen LogP contribution in [0.5, 0.6) is 5.75 Å². The number of carbonyl (C=O) groups excluding carboxylic acids is 1. The number of rotatable bonds is 3. The van der Waals surface area contributed by atoms with Crippen LogP contribution in [0.3, 0.4) is 0 Å². The van der Waals surface area contributed by atoms with E-state index in [1.807, 2.05) is 41.3 Å². The van der Waals surface area contributed by atoms with E-state index in [1.165, 1.54) is 0 Å². The Labute approximate surface area is 150 Å². The number of anilines is 1. The molecule has 2 atom stereocenters. The molecule has 0 aliphatic carbocycles. The van der Waals surface area contributed by atoms with Crippen LogP contribution in [0, 0.1) is 0 Å². The number of ether oxygens (including phenoxy) is 1. The van der Waals surface area contributed by atoms with Crippen molar-refractivity contribution in [1.82, 2.24) is 4.90 Å². The van der Waals surface area contributed by atoms with E-state index >= 15 is 0 Å². The first-order valence-electron chi connectivity index (χ1n) is 8.17. The summed E-state index contributed by atoms with van der Waals surface area (Å²) in [4.78, 5) is 17.3. The predicted molar refractivity (Wildman–Crippen MR) is 97.1 cm³/mol. The van der Waals surface area contributed by atoms with Crippen LogP contribution in [-0.4, -0.2) is 30.5 Å². The lowest BCUT2D eigenvalue weighted by molar-refractivity contribution is -0.119. The number of halogens is 1. The molecule has 0 radical (unpaired) electrons. The third-order valence-corrected chi connectivity index (χ3v) is 5.37. The molecular formula is C19H19BrN2O2. The van der Waals surface area contributed by atoms with Gasteiger partial charge in [-0.3, -0.25) is 14.6 Å². The minimum Gasteiger partial charge on any atom is -0.497 e. The Bertz CT molecular complexity index is 762. The molecule has 0 bridgehead atoms. The van der Waals surface area contributed by atoms with Crippen LogP contribution in [0.1, 0.15) is 24.6 Å². The third-order valence-electron chi connectivity index (χ3n) is 4.87. The Hall–Kier alpha value is -1.85. The van der Waals surface area contributed by atoms with E-state index in [4.69, 9.17) is 4.74 Å². The SMILES string of the molecule is COc1ccc(N2C(=O)[C@@H]3CCCN3[C@H]2c2cccc(Br)c2)cc1. The Morgan fingerprint density at radius 3 is 2.67 bits per heavy atom. The second-order valence-corrected chi connectivity index (χ2v) is 7.15. The molecule has 0 unspecified atom stereocenters. The molecule has 2 heterocycles. The van der Waals surface area contributed by atoms with E-state index in [1.54, 1.807) is 7.11 Å². The highest BCUT2D eigenvalue weighted by molar-refractivity contribution is 9.10. The first-order chi connectivity index (χ1) is 11.7. The van der Waals surface area contributed by atoms with Crippen LogP contribution >= 0.6 is 15.9 Å². The van der Waals surface area contributed by atoms with Gasteiger partial charge in [-0.15, -0.1) is 0 Å². The molecular weight excluding hydrogens is 368 g/mol. The number of carbonyl (C=O) groups is 1. The number of fused-ring (bicyclic) bond motifs is 1. The molecule has 0 aromatic heterocycles. The van der Waals surface area contributed by atoms with E-state index < -0.39 is 0 Å². The summed E-state index contributed by atoms with van der Waals surface area (Å²) in [5, 5.41) is 0. The van der Waals surface area contributed by atoms with Crippen molar-refractivity contribution in [3.05, 3.63) is 58.6 Å². The quantitative estimate of drug-likeness (QED) is 0.799. The first kappa shape index (κ1) is 15.7. The molecule has 2 aliphatic rings. The lowest BCUT2D eigenvalue weighted by Gasteiger charge is -2.30. The topological polar surface area (TPSA) is 32.8 Å². The molecule has 0 N–H and O–H groups in total. The van der Waals surface area contributed by atoms with Gasteiger partial charge in [0, 0.05) is 16.7 Å². The number of hydrogen-bond acceptors (Lipinski definition) is 3. The van der Waals surface area contributed by atoms with Gasteiger partial charge in [-0.2, -0.15) is 0 Å². The smallest absolute Gasteiger partial charge is 0.246 e. The Balaban J connectivity index is 1.78. The standard InChI is InChI=1S/C19H19BrN2O2/c1-24-16-9-7-15(8-10-16)22-18(13-4-2-5-14(20)12-13)21-11-3-6-17(21)19(22)23/h2,4-5,7-10,12,17-18H,3,6,11H2,1H3/t17-,18+/m0/s1. The van der Waals surface area contributed by atoms with Gasteiger partial charge in [-0.05, 0) is 54.8 Å². The maximum atomic E-state index is 13.1. The molecule has 24 heavy (non-hydrogen) atoms. The maximum Gasteiger partial charge on any atom is 0.246 e. The van der Waals surface area contributed by atoms with Gasteiger partial charge < -0.3 is 4.74 Å². The molecule has 5 heteroatoms. The number of nitrogens with zero attached hydrogens (tertiary/aromatic N) is 2. The molecule has 0 saturated carbocycles. The minimum absolute atomic E-state index is 0.00363. The van der Waals surface area contributed by atoms with E-state index in [9.17, 15) is 4.79 Å². The van der Waals surface area contributed by atoms with Crippen molar-refractivity contribution >= 4 is 27.5 Å². The van der Waals surface area contributed by atoms with Gasteiger partial charge in [0.2, 0.25) is 5.91 Å². The average Bonchev–Trinajstić information content (AvgIpc) is 3.17. The van der Waals surface area contributed by atoms with Crippen LogP contribution < -0.4 is 9.64 Å². The second-order valence-electron chi connectivity index (χ2n) is 6.23. The zero-order valence-corrected chi connectivity index (χ0v) is 15.1. The van der Waals surface area contributed by atoms with Gasteiger partial charge in [-0.25, -0.2) is 0 Å². The highest BCUT2D eigenvalue weighted by Gasteiger charge is 2.49. The first-order valence-corrected chi connectivity index (χ1v) is 8.96. The average molecular weight is 387 g/mol. The summed E-state index contributed by atoms with van der Waals surface area (Å²) in [7, 11) is 1.65. The highest BCUT2D eigenvalue weighted by atomic mass is 79.9. The van der Waals surface area contributed by atoms with Crippen LogP contribution in [-0.2, 0) is 4.79 Å². The summed E-state index contributed by atoms with van der Waals surface area (Å²) in [5.41, 5.74) is 2.05. The van der Waals surface area contributed by atoms with Gasteiger partial charge in [0.15, 0.2) is 0 Å². The van der Waals surface area contributed by atoms with Crippen LogP contribution in [0.25, 0.3) is 0 Å². The molecule has 4 rings (SSSR count). The number of methoxy groups -OCH3 is 1. The van der Waals surface area contributed by atoms with Crippen LogP contribution in [0.2, 0.25) is 0 Å². The van der Waals surface area contributed by atoms with Crippen LogP contribution in [0.15, 0.2) is 53.0 Å². The van der Waals surface area contributed by atoms with Crippen molar-refractivity contribution in [3.8, 4) is 5.75 Å². The van der Waals surface area contributed by atoms with Crippen molar-refractivity contribution in [2.75, 3.05) is 18.6 Å². The normalized spacial score (nSPS) is 23.6. The summed E-state index contributed by atoms with van der Waals surface area (Å²) in [5.74, 6) is 0.993. The van der Waals surface area contributed by atoms with E-state index in [0.29, 0.717) is 0 Å². The summed E-state index contributed by atoms with van der Waals surface area (Å²) in [6.07, 6.45) is 1.98. The number of amides is 1. The molecule has 4 nitrogen and oxygen atoms in total. The van der Waals surface area contributed by atoms with Crippen molar-refractivity contribution in [3.63, 3.8) is 0 Å². The van der Waals surface area contributed by atoms with Crippen molar-refractivity contribution in [2.24, 2.45) is 0 Å². The predicted octanol–water partition coefficient (Wildman–Crippen LogP) is 3.97. The summed E-state index contributed by atoms with van der Waals surface area (Å²) in [6, 6.07) is 16.0. The van der Waals surface area contributed by atoms with Crippen molar-refractivity contribution in [2.45, 2.75) is 25.0 Å². The molecule has 2 saturated heterocycles. The second kappa shape index (κ2) is 6.22. The molecule has 124 valence electrons. The van der Waals surface area contributed by atoms with E-state index in [0.717, 1.165) is 40.9 Å². The van der Waals surface area contributed by atoms with Gasteiger partial charge in [-0.1, -0.05) is 28.1 Å².